The van der Waals surface area contributed by atoms with Gasteiger partial charge in [0.25, 0.3) is 0 Å². The third kappa shape index (κ3) is 4.62. The molecule has 0 bridgehead atoms. The van der Waals surface area contributed by atoms with E-state index in [2.05, 4.69) is 0 Å². The molecule has 0 saturated carbocycles. The molecule has 1 aliphatic carbocycles. The quantitative estimate of drug-likeness (QED) is 0.150. The fraction of sp³-hybridized carbons (Fsp3) is 0.391. The van der Waals surface area contributed by atoms with Gasteiger partial charge in [0.1, 0.15) is 42.5 Å². The molecule has 1 fully saturated rings. The van der Waals surface area contributed by atoms with Crippen molar-refractivity contribution in [2.45, 2.75) is 49.7 Å². The highest BCUT2D eigenvalue weighted by Crippen LogP contribution is 2.43. The molecule has 194 valence electrons. The Bertz CT molecular complexity index is 1160. The third-order valence-electron chi connectivity index (χ3n) is 6.09. The van der Waals surface area contributed by atoms with Crippen LogP contribution in [0.3, 0.4) is 0 Å². The van der Waals surface area contributed by atoms with E-state index in [1.54, 1.807) is 0 Å². The van der Waals surface area contributed by atoms with Gasteiger partial charge in [0.2, 0.25) is 0 Å². The van der Waals surface area contributed by atoms with Gasteiger partial charge in [-0.15, -0.1) is 0 Å². The number of hydrogen-bond acceptors (Lipinski definition) is 13. The van der Waals surface area contributed by atoms with Crippen molar-refractivity contribution < 1.29 is 64.7 Å². The number of phenolic OH excluding ortho intramolecular Hbond substituents is 5. The molecule has 6 atom stereocenters. The summed E-state index contributed by atoms with van der Waals surface area (Å²) in [5, 5.41) is 79.8. The van der Waals surface area contributed by atoms with E-state index in [1.165, 1.54) is 6.07 Å². The molecule has 13 nitrogen and oxygen atoms in total. The van der Waals surface area contributed by atoms with Gasteiger partial charge >= 0.3 is 5.97 Å². The first-order chi connectivity index (χ1) is 17.0. The Morgan fingerprint density at radius 3 is 2.22 bits per heavy atom. The van der Waals surface area contributed by atoms with E-state index in [0.717, 1.165) is 18.2 Å². The van der Waals surface area contributed by atoms with Gasteiger partial charge < -0.3 is 55.1 Å². The van der Waals surface area contributed by atoms with Crippen LogP contribution in [0.5, 0.6) is 28.7 Å². The predicted octanol–water partition coefficient (Wildman–Crippen LogP) is -0.0866. The molecule has 0 spiro atoms. The Kier molecular flexibility index (Phi) is 6.93. The van der Waals surface area contributed by atoms with Gasteiger partial charge in [0.15, 0.2) is 29.3 Å². The summed E-state index contributed by atoms with van der Waals surface area (Å²) >= 11 is 0. The number of aliphatic hydroxyl groups excluding tert-OH is 3. The summed E-state index contributed by atoms with van der Waals surface area (Å²) in [6, 6.07) is 3.99. The Hall–Kier alpha value is -3.62. The molecule has 6 unspecified atom stereocenters. The molecule has 1 aliphatic heterocycles. The summed E-state index contributed by atoms with van der Waals surface area (Å²) in [6.45, 7) is -0.655. The first-order valence-corrected chi connectivity index (χ1v) is 10.8. The summed E-state index contributed by atoms with van der Waals surface area (Å²) in [7, 11) is 0. The monoisotopic (exact) mass is 508 g/mol. The van der Waals surface area contributed by atoms with E-state index in [0.29, 0.717) is 0 Å². The molecule has 4 rings (SSSR count). The number of carbonyl (C=O) groups is 2. The van der Waals surface area contributed by atoms with Gasteiger partial charge in [0, 0.05) is 12.0 Å². The van der Waals surface area contributed by atoms with Crippen LogP contribution >= 0.6 is 0 Å². The van der Waals surface area contributed by atoms with E-state index in [9.17, 15) is 50.4 Å². The smallest absolute Gasteiger partial charge is 0.338 e. The van der Waals surface area contributed by atoms with Crippen LogP contribution < -0.4 is 0 Å². The maximum absolute atomic E-state index is 12.3. The van der Waals surface area contributed by atoms with Crippen molar-refractivity contribution >= 4 is 11.8 Å². The van der Waals surface area contributed by atoms with Crippen LogP contribution in [0.1, 0.15) is 45.2 Å². The van der Waals surface area contributed by atoms with Crippen molar-refractivity contribution in [2.24, 2.45) is 0 Å². The summed E-state index contributed by atoms with van der Waals surface area (Å²) < 4.78 is 16.3. The Labute approximate surface area is 203 Å². The van der Waals surface area contributed by atoms with E-state index in [4.69, 9.17) is 14.2 Å². The van der Waals surface area contributed by atoms with E-state index in [1.807, 2.05) is 0 Å². The highest BCUT2D eigenvalue weighted by Gasteiger charge is 2.46. The molecule has 0 amide bonds. The number of aliphatic hydroxyl groups is 3. The molecular weight excluding hydrogens is 484 g/mol. The van der Waals surface area contributed by atoms with Crippen LogP contribution in [-0.2, 0) is 14.2 Å². The minimum Gasteiger partial charge on any atom is -0.508 e. The number of ketones is 1. The lowest BCUT2D eigenvalue weighted by atomic mass is 9.87. The molecule has 1 saturated heterocycles. The Balaban J connectivity index is 1.49. The summed E-state index contributed by atoms with van der Waals surface area (Å²) in [5.74, 6) is -4.58. The molecule has 2 aromatic carbocycles. The highest BCUT2D eigenvalue weighted by molar-refractivity contribution is 6.01. The second-order valence-corrected chi connectivity index (χ2v) is 8.46. The van der Waals surface area contributed by atoms with Crippen molar-refractivity contribution in [2.75, 3.05) is 6.61 Å². The standard InChI is InChI=1S/C23H24O13/c24-9-1-2-11(26)17-14(4-3-10(25)16(9)17)35-23-21(32)20(31)19(30)15(36-23)7-34-22(33)8-5-12(27)18(29)13(28)6-8/h1-2,5-6,14-15,19-21,23-24,26-32H,3-4,7H2. The maximum Gasteiger partial charge on any atom is 0.338 e. The number of esters is 1. The van der Waals surface area contributed by atoms with E-state index in [-0.39, 0.29) is 41.0 Å². The van der Waals surface area contributed by atoms with Crippen LogP contribution in [0.15, 0.2) is 24.3 Å². The Morgan fingerprint density at radius 1 is 0.917 bits per heavy atom. The lowest BCUT2D eigenvalue weighted by molar-refractivity contribution is -0.312. The summed E-state index contributed by atoms with van der Waals surface area (Å²) in [4.78, 5) is 24.6. The summed E-state index contributed by atoms with van der Waals surface area (Å²) in [6.07, 6.45) is -9.29. The lowest BCUT2D eigenvalue weighted by Crippen LogP contribution is -2.59. The fourth-order valence-corrected chi connectivity index (χ4v) is 4.18. The number of benzene rings is 2. The number of aromatic hydroxyl groups is 5. The van der Waals surface area contributed by atoms with Crippen molar-refractivity contribution in [3.8, 4) is 28.7 Å². The molecule has 8 N–H and O–H groups in total. The van der Waals surface area contributed by atoms with Gasteiger partial charge in [0.05, 0.1) is 17.2 Å². The third-order valence-corrected chi connectivity index (χ3v) is 6.09. The van der Waals surface area contributed by atoms with E-state index >= 15 is 0 Å². The number of ether oxygens (including phenoxy) is 3. The van der Waals surface area contributed by atoms with Gasteiger partial charge in [-0.05, 0) is 30.7 Å². The normalized spacial score (nSPS) is 27.9. The molecule has 36 heavy (non-hydrogen) atoms. The maximum atomic E-state index is 12.3. The number of fused-ring (bicyclic) bond motifs is 1. The molecule has 2 aromatic rings. The first kappa shape index (κ1) is 25.5. The zero-order valence-electron chi connectivity index (χ0n) is 18.5. The van der Waals surface area contributed by atoms with Crippen LogP contribution in [0.25, 0.3) is 0 Å². The number of rotatable bonds is 5. The van der Waals surface area contributed by atoms with Crippen LogP contribution in [0, 0.1) is 0 Å². The average Bonchev–Trinajstić information content (AvgIpc) is 2.84. The van der Waals surface area contributed by atoms with Gasteiger partial charge in [-0.1, -0.05) is 0 Å². The average molecular weight is 508 g/mol. The fourth-order valence-electron chi connectivity index (χ4n) is 4.18. The second-order valence-electron chi connectivity index (χ2n) is 8.46. The number of Topliss-reactive ketones (excluding diaryl/α,β-unsaturated/α-hetero) is 1. The molecule has 0 radical (unpaired) electrons. The van der Waals surface area contributed by atoms with Crippen molar-refractivity contribution in [1.29, 1.82) is 0 Å². The zero-order valence-corrected chi connectivity index (χ0v) is 18.5. The number of hydrogen-bond donors (Lipinski definition) is 8. The molecule has 0 aromatic heterocycles. The largest absolute Gasteiger partial charge is 0.508 e. The van der Waals surface area contributed by atoms with Gasteiger partial charge in [-0.3, -0.25) is 4.79 Å². The van der Waals surface area contributed by atoms with E-state index < -0.39 is 72.4 Å². The van der Waals surface area contributed by atoms with Crippen molar-refractivity contribution in [1.82, 2.24) is 0 Å². The SMILES string of the molecule is O=C(OCC1OC(OC2CCC(=O)c3c(O)ccc(O)c32)C(O)C(O)C1O)c1cc(O)c(O)c(O)c1. The molecule has 1 heterocycles. The topological polar surface area (TPSA) is 224 Å². The van der Waals surface area contributed by atoms with Crippen molar-refractivity contribution in [3.63, 3.8) is 0 Å². The van der Waals surface area contributed by atoms with Crippen LogP contribution in [0.4, 0.5) is 0 Å². The number of phenols is 5. The minimum absolute atomic E-state index is 0.0161. The predicted molar refractivity (Wildman–Crippen MR) is 116 cm³/mol. The Morgan fingerprint density at radius 2 is 1.56 bits per heavy atom. The van der Waals surface area contributed by atoms with Crippen molar-refractivity contribution in [3.05, 3.63) is 41.0 Å². The van der Waals surface area contributed by atoms with Crippen LogP contribution in [-0.4, -0.2) is 89.9 Å². The number of carbonyl (C=O) groups excluding carboxylic acids is 2. The van der Waals surface area contributed by atoms with Gasteiger partial charge in [-0.25, -0.2) is 4.79 Å². The summed E-state index contributed by atoms with van der Waals surface area (Å²) in [5.41, 5.74) is -0.485. The lowest BCUT2D eigenvalue weighted by Gasteiger charge is -2.41. The van der Waals surface area contributed by atoms with Crippen LogP contribution in [0.2, 0.25) is 0 Å². The zero-order chi connectivity index (χ0) is 26.3. The second kappa shape index (κ2) is 9.79. The minimum atomic E-state index is -1.79. The highest BCUT2D eigenvalue weighted by atomic mass is 16.7. The molecule has 13 heteroatoms. The first-order valence-electron chi connectivity index (χ1n) is 10.8. The molecular formula is C23H24O13. The molecule has 2 aliphatic rings. The van der Waals surface area contributed by atoms with Gasteiger partial charge in [-0.2, -0.15) is 0 Å².